The Balaban J connectivity index is 2.00. The summed E-state index contributed by atoms with van der Waals surface area (Å²) in [7, 11) is 0. The highest BCUT2D eigenvalue weighted by atomic mass is 15.2. The van der Waals surface area contributed by atoms with Gasteiger partial charge in [0.25, 0.3) is 0 Å². The van der Waals surface area contributed by atoms with Crippen LogP contribution in [0.5, 0.6) is 0 Å². The number of hydrogen-bond acceptors (Lipinski definition) is 3. The number of hydrogen-bond donors (Lipinski definition) is 2. The summed E-state index contributed by atoms with van der Waals surface area (Å²) in [5.74, 6) is 1.12. The second-order valence-corrected chi connectivity index (χ2v) is 5.99. The van der Waals surface area contributed by atoms with E-state index in [0.717, 1.165) is 37.3 Å². The van der Waals surface area contributed by atoms with Gasteiger partial charge in [-0.25, -0.2) is 4.98 Å². The van der Waals surface area contributed by atoms with E-state index in [1.807, 2.05) is 0 Å². The molecule has 3 rings (SSSR count). The lowest BCUT2D eigenvalue weighted by molar-refractivity contribution is 0.663. The zero-order valence-corrected chi connectivity index (χ0v) is 12.1. The molecule has 0 radical (unpaired) electrons. The highest BCUT2D eigenvalue weighted by molar-refractivity contribution is 5.99. The van der Waals surface area contributed by atoms with Gasteiger partial charge in [0, 0.05) is 18.8 Å². The van der Waals surface area contributed by atoms with Crippen LogP contribution in [-0.4, -0.2) is 23.9 Å². The number of nitrogens with zero attached hydrogens (tertiary/aromatic N) is 2. The smallest absolute Gasteiger partial charge is 0.139 e. The minimum Gasteiger partial charge on any atom is -0.384 e. The minimum atomic E-state index is 0.158. The number of aryl methyl sites for hydroxylation is 2. The Bertz CT molecular complexity index is 501. The van der Waals surface area contributed by atoms with E-state index in [4.69, 9.17) is 16.1 Å². The summed E-state index contributed by atoms with van der Waals surface area (Å²) in [6, 6.07) is 2.13. The van der Waals surface area contributed by atoms with Crippen LogP contribution in [0.2, 0.25) is 0 Å². The number of pyridine rings is 1. The molecule has 0 unspecified atom stereocenters. The first-order valence-corrected chi connectivity index (χ1v) is 7.88. The summed E-state index contributed by atoms with van der Waals surface area (Å²) in [4.78, 5) is 7.25. The first-order valence-electron chi connectivity index (χ1n) is 7.88. The summed E-state index contributed by atoms with van der Waals surface area (Å²) in [6.45, 7) is 2.10. The minimum absolute atomic E-state index is 0.158. The SMILES string of the molecule is N=C(N)c1cc2c(nc1N1CCCCCC1)CCCC2. The number of fused-ring (bicyclic) bond motifs is 1. The molecule has 1 aromatic heterocycles. The van der Waals surface area contributed by atoms with E-state index < -0.39 is 0 Å². The third-order valence-electron chi connectivity index (χ3n) is 4.48. The largest absolute Gasteiger partial charge is 0.384 e. The molecule has 0 atom stereocenters. The molecule has 0 amide bonds. The summed E-state index contributed by atoms with van der Waals surface area (Å²) in [6.07, 6.45) is 9.67. The van der Waals surface area contributed by atoms with Crippen LogP contribution in [0.3, 0.4) is 0 Å². The maximum absolute atomic E-state index is 7.88. The van der Waals surface area contributed by atoms with Gasteiger partial charge < -0.3 is 10.6 Å². The Morgan fingerprint density at radius 2 is 1.75 bits per heavy atom. The van der Waals surface area contributed by atoms with Gasteiger partial charge in [-0.15, -0.1) is 0 Å². The molecule has 1 saturated heterocycles. The van der Waals surface area contributed by atoms with Gasteiger partial charge in [-0.3, -0.25) is 5.41 Å². The van der Waals surface area contributed by atoms with Crippen molar-refractivity contribution in [3.63, 3.8) is 0 Å². The molecule has 1 aliphatic carbocycles. The summed E-state index contributed by atoms with van der Waals surface area (Å²) >= 11 is 0. The molecule has 0 bridgehead atoms. The number of nitrogen functional groups attached to an aromatic ring is 1. The van der Waals surface area contributed by atoms with Crippen molar-refractivity contribution >= 4 is 11.7 Å². The van der Waals surface area contributed by atoms with Crippen molar-refractivity contribution in [2.45, 2.75) is 51.4 Å². The Labute approximate surface area is 120 Å². The Morgan fingerprint density at radius 3 is 2.45 bits per heavy atom. The van der Waals surface area contributed by atoms with Crippen molar-refractivity contribution in [2.75, 3.05) is 18.0 Å². The molecule has 4 heteroatoms. The third-order valence-corrected chi connectivity index (χ3v) is 4.48. The monoisotopic (exact) mass is 272 g/mol. The normalized spacial score (nSPS) is 19.3. The van der Waals surface area contributed by atoms with Gasteiger partial charge in [-0.1, -0.05) is 12.8 Å². The van der Waals surface area contributed by atoms with Gasteiger partial charge in [0.05, 0.1) is 5.56 Å². The van der Waals surface area contributed by atoms with Gasteiger partial charge in [-0.05, 0) is 50.2 Å². The predicted molar refractivity (Wildman–Crippen MR) is 82.6 cm³/mol. The quantitative estimate of drug-likeness (QED) is 0.642. The van der Waals surface area contributed by atoms with Gasteiger partial charge in [0.1, 0.15) is 11.7 Å². The lowest BCUT2D eigenvalue weighted by atomic mass is 9.94. The second-order valence-electron chi connectivity index (χ2n) is 5.99. The van der Waals surface area contributed by atoms with Gasteiger partial charge >= 0.3 is 0 Å². The van der Waals surface area contributed by atoms with Crippen LogP contribution in [0, 0.1) is 5.41 Å². The first-order chi connectivity index (χ1) is 9.75. The average molecular weight is 272 g/mol. The van der Waals surface area contributed by atoms with Crippen molar-refractivity contribution in [1.29, 1.82) is 5.41 Å². The average Bonchev–Trinajstić information content (AvgIpc) is 2.74. The zero-order chi connectivity index (χ0) is 13.9. The van der Waals surface area contributed by atoms with Crippen LogP contribution in [0.1, 0.15) is 55.3 Å². The molecule has 4 nitrogen and oxygen atoms in total. The number of rotatable bonds is 2. The Hall–Kier alpha value is -1.58. The highest BCUT2D eigenvalue weighted by Gasteiger charge is 2.21. The molecule has 2 aliphatic rings. The number of nitrogens with one attached hydrogen (secondary N) is 1. The maximum Gasteiger partial charge on any atom is 0.139 e. The van der Waals surface area contributed by atoms with Gasteiger partial charge in [0.15, 0.2) is 0 Å². The lowest BCUT2D eigenvalue weighted by Gasteiger charge is -2.26. The molecule has 1 aromatic rings. The molecule has 0 saturated carbocycles. The van der Waals surface area contributed by atoms with Crippen molar-refractivity contribution in [2.24, 2.45) is 5.73 Å². The highest BCUT2D eigenvalue weighted by Crippen LogP contribution is 2.28. The topological polar surface area (TPSA) is 66.0 Å². The second kappa shape index (κ2) is 5.81. The van der Waals surface area contributed by atoms with Crippen LogP contribution < -0.4 is 10.6 Å². The lowest BCUT2D eigenvalue weighted by Crippen LogP contribution is -2.29. The summed E-state index contributed by atoms with van der Waals surface area (Å²) in [5, 5.41) is 7.88. The van der Waals surface area contributed by atoms with Crippen molar-refractivity contribution in [3.05, 3.63) is 22.9 Å². The molecule has 2 heterocycles. The van der Waals surface area contributed by atoms with E-state index in [2.05, 4.69) is 11.0 Å². The fourth-order valence-corrected chi connectivity index (χ4v) is 3.34. The van der Waals surface area contributed by atoms with E-state index in [-0.39, 0.29) is 5.84 Å². The molecule has 20 heavy (non-hydrogen) atoms. The van der Waals surface area contributed by atoms with Gasteiger partial charge in [0.2, 0.25) is 0 Å². The molecular weight excluding hydrogens is 248 g/mol. The standard InChI is InChI=1S/C16H24N4/c17-15(18)13-11-12-7-3-4-8-14(12)19-16(13)20-9-5-1-2-6-10-20/h11H,1-10H2,(H3,17,18). The van der Waals surface area contributed by atoms with Crippen LogP contribution in [0.4, 0.5) is 5.82 Å². The summed E-state index contributed by atoms with van der Waals surface area (Å²) in [5.41, 5.74) is 9.19. The molecule has 108 valence electrons. The summed E-state index contributed by atoms with van der Waals surface area (Å²) < 4.78 is 0. The molecule has 1 aliphatic heterocycles. The van der Waals surface area contributed by atoms with Gasteiger partial charge in [-0.2, -0.15) is 0 Å². The van der Waals surface area contributed by atoms with E-state index in [1.165, 1.54) is 49.8 Å². The zero-order valence-electron chi connectivity index (χ0n) is 12.1. The third kappa shape index (κ3) is 2.65. The molecule has 0 spiro atoms. The number of nitrogens with two attached hydrogens (primary N) is 1. The first kappa shape index (κ1) is 13.4. The Morgan fingerprint density at radius 1 is 1.05 bits per heavy atom. The Kier molecular flexibility index (Phi) is 3.90. The number of anilines is 1. The van der Waals surface area contributed by atoms with Crippen LogP contribution in [0.15, 0.2) is 6.07 Å². The van der Waals surface area contributed by atoms with Crippen molar-refractivity contribution < 1.29 is 0 Å². The molecule has 1 fully saturated rings. The van der Waals surface area contributed by atoms with E-state index in [1.54, 1.807) is 0 Å². The molecule has 3 N–H and O–H groups in total. The number of aromatic nitrogens is 1. The maximum atomic E-state index is 7.88. The van der Waals surface area contributed by atoms with Crippen molar-refractivity contribution in [1.82, 2.24) is 4.98 Å². The van der Waals surface area contributed by atoms with Crippen molar-refractivity contribution in [3.8, 4) is 0 Å². The van der Waals surface area contributed by atoms with E-state index >= 15 is 0 Å². The fraction of sp³-hybridized carbons (Fsp3) is 0.625. The number of amidine groups is 1. The fourth-order valence-electron chi connectivity index (χ4n) is 3.34. The van der Waals surface area contributed by atoms with Crippen LogP contribution >= 0.6 is 0 Å². The molecule has 0 aromatic carbocycles. The predicted octanol–water partition coefficient (Wildman–Crippen LogP) is 2.62. The molecular formula is C16H24N4. The van der Waals surface area contributed by atoms with E-state index in [9.17, 15) is 0 Å². The van der Waals surface area contributed by atoms with Crippen LogP contribution in [-0.2, 0) is 12.8 Å². The van der Waals surface area contributed by atoms with E-state index in [0.29, 0.717) is 0 Å². The van der Waals surface area contributed by atoms with Crippen LogP contribution in [0.25, 0.3) is 0 Å².